The lowest BCUT2D eigenvalue weighted by molar-refractivity contribution is -0.132. The van der Waals surface area contributed by atoms with Gasteiger partial charge >= 0.3 is 0 Å². The first kappa shape index (κ1) is 25.0. The highest BCUT2D eigenvalue weighted by Crippen LogP contribution is 2.22. The van der Waals surface area contributed by atoms with Crippen molar-refractivity contribution in [2.24, 2.45) is 0 Å². The highest BCUT2D eigenvalue weighted by Gasteiger charge is 2.24. The number of thioether (sulfide) groups is 1. The minimum absolute atomic E-state index is 0.0544. The highest BCUT2D eigenvalue weighted by molar-refractivity contribution is 7.99. The molecule has 184 valence electrons. The van der Waals surface area contributed by atoms with Gasteiger partial charge in [-0.25, -0.2) is 0 Å². The Bertz CT molecular complexity index is 1080. The van der Waals surface area contributed by atoms with Crippen LogP contribution in [0.15, 0.2) is 70.3 Å². The maximum absolute atomic E-state index is 12.5. The van der Waals surface area contributed by atoms with Crippen molar-refractivity contribution in [3.05, 3.63) is 77.7 Å². The van der Waals surface area contributed by atoms with Gasteiger partial charge in [0.2, 0.25) is 17.7 Å². The molecule has 1 N–H and O–H groups in total. The average Bonchev–Trinajstić information content (AvgIpc) is 3.35. The number of aryl methyl sites for hydroxylation is 1. The first-order valence-corrected chi connectivity index (χ1v) is 13.2. The molecule has 0 aliphatic carbocycles. The predicted molar refractivity (Wildman–Crippen MR) is 136 cm³/mol. The molecule has 1 aliphatic heterocycles. The summed E-state index contributed by atoms with van der Waals surface area (Å²) in [6, 6.07) is 20.4. The Kier molecular flexibility index (Phi) is 8.95. The molecule has 7 nitrogen and oxygen atoms in total. The fraction of sp³-hybridized carbons (Fsp3) is 0.407. The van der Waals surface area contributed by atoms with Gasteiger partial charge in [0.05, 0.1) is 5.75 Å². The molecular formula is C27H32N4O3S. The highest BCUT2D eigenvalue weighted by atomic mass is 32.2. The van der Waals surface area contributed by atoms with Crippen LogP contribution in [-0.4, -0.2) is 51.8 Å². The second-order valence-corrected chi connectivity index (χ2v) is 9.90. The summed E-state index contributed by atoms with van der Waals surface area (Å²) in [6.45, 7) is 3.48. The summed E-state index contributed by atoms with van der Waals surface area (Å²) in [4.78, 5) is 26.9. The Morgan fingerprint density at radius 2 is 1.74 bits per heavy atom. The van der Waals surface area contributed by atoms with Crippen molar-refractivity contribution < 1.29 is 14.0 Å². The number of piperidine rings is 1. The van der Waals surface area contributed by atoms with Crippen LogP contribution < -0.4 is 5.32 Å². The average molecular weight is 493 g/mol. The van der Waals surface area contributed by atoms with Gasteiger partial charge in [0.25, 0.3) is 5.22 Å². The first-order chi connectivity index (χ1) is 17.1. The van der Waals surface area contributed by atoms with E-state index in [9.17, 15) is 9.59 Å². The molecule has 1 fully saturated rings. The zero-order valence-electron chi connectivity index (χ0n) is 20.1. The zero-order valence-corrected chi connectivity index (χ0v) is 20.9. The largest absolute Gasteiger partial charge is 0.416 e. The van der Waals surface area contributed by atoms with Crippen LogP contribution in [0.4, 0.5) is 0 Å². The molecule has 0 radical (unpaired) electrons. The van der Waals surface area contributed by atoms with Crippen molar-refractivity contribution in [1.82, 2.24) is 20.4 Å². The van der Waals surface area contributed by atoms with Crippen LogP contribution in [0.1, 0.15) is 49.1 Å². The van der Waals surface area contributed by atoms with Crippen molar-refractivity contribution in [2.45, 2.75) is 56.2 Å². The fourth-order valence-electron chi connectivity index (χ4n) is 4.26. The molecule has 1 unspecified atom stereocenters. The molecule has 35 heavy (non-hydrogen) atoms. The van der Waals surface area contributed by atoms with Crippen LogP contribution in [0, 0.1) is 0 Å². The molecule has 2 aromatic carbocycles. The van der Waals surface area contributed by atoms with E-state index in [1.54, 1.807) is 0 Å². The number of nitrogens with one attached hydrogen (secondary N) is 1. The van der Waals surface area contributed by atoms with Gasteiger partial charge in [-0.3, -0.25) is 9.59 Å². The Balaban J connectivity index is 1.13. The summed E-state index contributed by atoms with van der Waals surface area (Å²) in [6.07, 6.45) is 3.49. The van der Waals surface area contributed by atoms with E-state index in [0.717, 1.165) is 19.3 Å². The molecule has 1 atom stereocenters. The number of aromatic nitrogens is 2. The number of likely N-dealkylation sites (tertiary alicyclic amines) is 1. The second-order valence-electron chi connectivity index (χ2n) is 8.97. The fourth-order valence-corrected chi connectivity index (χ4v) is 4.86. The third-order valence-electron chi connectivity index (χ3n) is 6.31. The van der Waals surface area contributed by atoms with E-state index in [-0.39, 0.29) is 29.5 Å². The van der Waals surface area contributed by atoms with Gasteiger partial charge in [-0.1, -0.05) is 79.3 Å². The molecule has 2 heterocycles. The molecule has 4 rings (SSSR count). The van der Waals surface area contributed by atoms with Crippen molar-refractivity contribution in [3.8, 4) is 0 Å². The molecule has 0 bridgehead atoms. The van der Waals surface area contributed by atoms with Crippen LogP contribution in [-0.2, 0) is 22.4 Å². The summed E-state index contributed by atoms with van der Waals surface area (Å²) in [7, 11) is 0. The minimum Gasteiger partial charge on any atom is -0.416 e. The van der Waals surface area contributed by atoms with Crippen molar-refractivity contribution >= 4 is 23.6 Å². The summed E-state index contributed by atoms with van der Waals surface area (Å²) in [5.41, 5.74) is 2.41. The SMILES string of the molecule is CC(Cc1nnc(SCC(=O)NC2CCN(C(=O)CCc3ccccc3)CC2)o1)c1ccccc1. The maximum atomic E-state index is 12.5. The zero-order chi connectivity index (χ0) is 24.5. The molecule has 1 aliphatic rings. The van der Waals surface area contributed by atoms with E-state index in [1.165, 1.54) is 22.9 Å². The van der Waals surface area contributed by atoms with E-state index >= 15 is 0 Å². The van der Waals surface area contributed by atoms with E-state index in [0.29, 0.717) is 37.0 Å². The van der Waals surface area contributed by atoms with Gasteiger partial charge in [0.15, 0.2) is 0 Å². The lowest BCUT2D eigenvalue weighted by Gasteiger charge is -2.32. The Labute approximate surface area is 210 Å². The van der Waals surface area contributed by atoms with Gasteiger partial charge in [-0.2, -0.15) is 0 Å². The summed E-state index contributed by atoms with van der Waals surface area (Å²) in [5, 5.41) is 11.7. The maximum Gasteiger partial charge on any atom is 0.277 e. The van der Waals surface area contributed by atoms with E-state index in [4.69, 9.17) is 4.42 Å². The summed E-state index contributed by atoms with van der Waals surface area (Å²) >= 11 is 1.25. The molecule has 0 spiro atoms. The minimum atomic E-state index is -0.0544. The lowest BCUT2D eigenvalue weighted by atomic mass is 9.98. The van der Waals surface area contributed by atoms with Gasteiger partial charge in [-0.05, 0) is 36.3 Å². The smallest absolute Gasteiger partial charge is 0.277 e. The molecular weight excluding hydrogens is 460 g/mol. The number of carbonyl (C=O) groups is 2. The van der Waals surface area contributed by atoms with E-state index < -0.39 is 0 Å². The quantitative estimate of drug-likeness (QED) is 0.426. The van der Waals surface area contributed by atoms with Crippen LogP contribution >= 0.6 is 11.8 Å². The summed E-state index contributed by atoms with van der Waals surface area (Å²) in [5.74, 6) is 1.21. The predicted octanol–water partition coefficient (Wildman–Crippen LogP) is 4.25. The standard InChI is InChI=1S/C27H32N4O3S/c1-20(22-10-6-3-7-11-22)18-25-29-30-27(34-25)35-19-24(32)28-23-14-16-31(17-15-23)26(33)13-12-21-8-4-2-5-9-21/h2-11,20,23H,12-19H2,1H3,(H,28,32). The van der Waals surface area contributed by atoms with Crippen molar-refractivity contribution in [3.63, 3.8) is 0 Å². The number of benzene rings is 2. The van der Waals surface area contributed by atoms with E-state index in [1.807, 2.05) is 53.4 Å². The van der Waals surface area contributed by atoms with Gasteiger partial charge in [0.1, 0.15) is 0 Å². The van der Waals surface area contributed by atoms with Crippen LogP contribution in [0.2, 0.25) is 0 Å². The van der Waals surface area contributed by atoms with Crippen molar-refractivity contribution in [2.75, 3.05) is 18.8 Å². The molecule has 8 heteroatoms. The van der Waals surface area contributed by atoms with Gasteiger partial charge < -0.3 is 14.6 Å². The number of hydrogen-bond acceptors (Lipinski definition) is 6. The molecule has 2 amide bonds. The lowest BCUT2D eigenvalue weighted by Crippen LogP contribution is -2.47. The monoisotopic (exact) mass is 492 g/mol. The normalized spacial score (nSPS) is 15.1. The Morgan fingerprint density at radius 3 is 2.46 bits per heavy atom. The Hall–Kier alpha value is -3.13. The first-order valence-electron chi connectivity index (χ1n) is 12.2. The molecule has 3 aromatic rings. The van der Waals surface area contributed by atoms with E-state index in [2.05, 4.69) is 34.6 Å². The second kappa shape index (κ2) is 12.5. The third kappa shape index (κ3) is 7.68. The van der Waals surface area contributed by atoms with Gasteiger partial charge in [0, 0.05) is 32.0 Å². The number of carbonyl (C=O) groups excluding carboxylic acids is 2. The van der Waals surface area contributed by atoms with Gasteiger partial charge in [-0.15, -0.1) is 10.2 Å². The number of nitrogens with zero attached hydrogens (tertiary/aromatic N) is 3. The van der Waals surface area contributed by atoms with Crippen LogP contribution in [0.3, 0.4) is 0 Å². The molecule has 1 saturated heterocycles. The number of rotatable bonds is 10. The Morgan fingerprint density at radius 1 is 1.06 bits per heavy atom. The van der Waals surface area contributed by atoms with Crippen molar-refractivity contribution in [1.29, 1.82) is 0 Å². The number of hydrogen-bond donors (Lipinski definition) is 1. The molecule has 0 saturated carbocycles. The summed E-state index contributed by atoms with van der Waals surface area (Å²) < 4.78 is 5.73. The molecule has 1 aromatic heterocycles. The van der Waals surface area contributed by atoms with Crippen LogP contribution in [0.5, 0.6) is 0 Å². The third-order valence-corrected chi connectivity index (χ3v) is 7.13. The van der Waals surface area contributed by atoms with Crippen LogP contribution in [0.25, 0.3) is 0 Å². The number of amides is 2. The topological polar surface area (TPSA) is 88.3 Å².